The van der Waals surface area contributed by atoms with Crippen LogP contribution in [0.3, 0.4) is 0 Å². The van der Waals surface area contributed by atoms with Crippen molar-refractivity contribution in [1.82, 2.24) is 10.1 Å². The number of benzene rings is 2. The lowest BCUT2D eigenvalue weighted by Crippen LogP contribution is -2.31. The summed E-state index contributed by atoms with van der Waals surface area (Å²) in [4.78, 5) is 15.0. The van der Waals surface area contributed by atoms with Crippen molar-refractivity contribution < 1.29 is 28.6 Å². The van der Waals surface area contributed by atoms with Crippen molar-refractivity contribution in [3.8, 4) is 22.6 Å². The second-order valence-corrected chi connectivity index (χ2v) is 10.2. The number of halogens is 1. The van der Waals surface area contributed by atoms with Gasteiger partial charge in [-0.3, -0.25) is 4.79 Å². The van der Waals surface area contributed by atoms with Gasteiger partial charge in [0, 0.05) is 29.6 Å². The molecule has 0 radical (unpaired) electrons. The molecule has 1 aromatic heterocycles. The van der Waals surface area contributed by atoms with Gasteiger partial charge in [0.25, 0.3) is 0 Å². The minimum Gasteiger partial charge on any atom is -0.493 e. The Balaban J connectivity index is 1.68. The molecule has 0 spiro atoms. The normalized spacial score (nSPS) is 20.9. The molecule has 0 bridgehead atoms. The third-order valence-electron chi connectivity index (χ3n) is 7.03. The number of rotatable bonds is 6. The van der Waals surface area contributed by atoms with E-state index >= 15 is 0 Å². The number of ether oxygens (including phenoxy) is 3. The van der Waals surface area contributed by atoms with Gasteiger partial charge in [0.15, 0.2) is 11.5 Å². The van der Waals surface area contributed by atoms with E-state index in [1.54, 1.807) is 19.1 Å². The molecule has 1 fully saturated rings. The molecule has 1 N–H and O–H groups in total. The molecule has 0 aliphatic carbocycles. The van der Waals surface area contributed by atoms with Crippen LogP contribution in [0.5, 0.6) is 11.5 Å². The van der Waals surface area contributed by atoms with Crippen molar-refractivity contribution in [2.24, 2.45) is 0 Å². The maximum atomic E-state index is 13.3. The van der Waals surface area contributed by atoms with Crippen LogP contribution in [-0.2, 0) is 9.53 Å². The van der Waals surface area contributed by atoms with Crippen LogP contribution >= 0.6 is 11.6 Å². The van der Waals surface area contributed by atoms with Crippen LogP contribution in [0.15, 0.2) is 40.9 Å². The highest BCUT2D eigenvalue weighted by Gasteiger charge is 2.39. The van der Waals surface area contributed by atoms with E-state index in [9.17, 15) is 9.90 Å². The maximum absolute atomic E-state index is 13.3. The van der Waals surface area contributed by atoms with Gasteiger partial charge in [0.1, 0.15) is 23.7 Å². The summed E-state index contributed by atoms with van der Waals surface area (Å²) < 4.78 is 23.9. The van der Waals surface area contributed by atoms with Crippen molar-refractivity contribution in [3.05, 3.63) is 64.0 Å². The van der Waals surface area contributed by atoms with Crippen molar-refractivity contribution in [2.75, 3.05) is 27.3 Å². The molecule has 1 amide bonds. The highest BCUT2D eigenvalue weighted by molar-refractivity contribution is 6.30. The fourth-order valence-corrected chi connectivity index (χ4v) is 5.42. The number of amides is 1. The van der Waals surface area contributed by atoms with Gasteiger partial charge in [0.05, 0.1) is 32.3 Å². The number of para-hydroxylation sites is 1. The van der Waals surface area contributed by atoms with Gasteiger partial charge >= 0.3 is 0 Å². The summed E-state index contributed by atoms with van der Waals surface area (Å²) in [5, 5.41) is 15.0. The zero-order chi connectivity index (χ0) is 26.3. The average Bonchev–Trinajstić information content (AvgIpc) is 3.50. The maximum Gasteiger partial charge on any atom is 0.225 e. The summed E-state index contributed by atoms with van der Waals surface area (Å²) in [6.45, 7) is 4.91. The van der Waals surface area contributed by atoms with Crippen molar-refractivity contribution in [3.63, 3.8) is 0 Å². The number of aliphatic hydroxyl groups excluding tert-OH is 1. The smallest absolute Gasteiger partial charge is 0.225 e. The van der Waals surface area contributed by atoms with Gasteiger partial charge in [-0.1, -0.05) is 48.8 Å². The predicted octanol–water partition coefficient (Wildman–Crippen LogP) is 5.28. The van der Waals surface area contributed by atoms with E-state index < -0.39 is 18.3 Å². The van der Waals surface area contributed by atoms with Crippen LogP contribution in [0.4, 0.5) is 0 Å². The Kier molecular flexibility index (Phi) is 7.16. The zero-order valence-corrected chi connectivity index (χ0v) is 22.1. The monoisotopic (exact) mass is 526 g/mol. The lowest BCUT2D eigenvalue weighted by Gasteiger charge is -2.26. The number of nitrogens with zero attached hydrogens (tertiary/aromatic N) is 2. The van der Waals surface area contributed by atoms with E-state index in [1.807, 2.05) is 50.2 Å². The minimum atomic E-state index is -0.705. The highest BCUT2D eigenvalue weighted by Crippen LogP contribution is 2.50. The van der Waals surface area contributed by atoms with Crippen LogP contribution in [0, 0.1) is 0 Å². The number of carbonyl (C=O) groups excluding carboxylic acids is 1. The number of hydrogen-bond donors (Lipinski definition) is 1. The third kappa shape index (κ3) is 4.69. The molecule has 3 heterocycles. The summed E-state index contributed by atoms with van der Waals surface area (Å²) >= 11 is 6.50. The SMILES string of the molecule is COc1cccc(C2OC(CC(=O)N3CC[C@@H](O)C3)c3noc(C(C)C)c3-c3ccc(Cl)cc32)c1OC. The van der Waals surface area contributed by atoms with E-state index in [0.717, 1.165) is 28.0 Å². The summed E-state index contributed by atoms with van der Waals surface area (Å²) in [6.07, 6.45) is -1.22. The second kappa shape index (κ2) is 10.4. The first-order valence-electron chi connectivity index (χ1n) is 12.4. The fraction of sp³-hybridized carbons (Fsp3) is 0.429. The van der Waals surface area contributed by atoms with E-state index in [0.29, 0.717) is 41.7 Å². The Morgan fingerprint density at radius 2 is 2.03 bits per heavy atom. The van der Waals surface area contributed by atoms with Gasteiger partial charge in [-0.15, -0.1) is 0 Å². The van der Waals surface area contributed by atoms with Crippen molar-refractivity contribution in [1.29, 1.82) is 0 Å². The summed E-state index contributed by atoms with van der Waals surface area (Å²) in [7, 11) is 3.17. The molecular formula is C28H31ClN2O6. The van der Waals surface area contributed by atoms with E-state index in [4.69, 9.17) is 30.3 Å². The van der Waals surface area contributed by atoms with E-state index in [1.165, 1.54) is 0 Å². The van der Waals surface area contributed by atoms with Gasteiger partial charge in [-0.25, -0.2) is 0 Å². The average molecular weight is 527 g/mol. The lowest BCUT2D eigenvalue weighted by atomic mass is 9.90. The minimum absolute atomic E-state index is 0.0489. The van der Waals surface area contributed by atoms with Gasteiger partial charge in [-0.2, -0.15) is 0 Å². The van der Waals surface area contributed by atoms with E-state index in [2.05, 4.69) is 5.16 Å². The van der Waals surface area contributed by atoms with Crippen molar-refractivity contribution >= 4 is 17.5 Å². The third-order valence-corrected chi connectivity index (χ3v) is 7.27. The van der Waals surface area contributed by atoms with Crippen LogP contribution in [0.1, 0.15) is 67.4 Å². The quantitative estimate of drug-likeness (QED) is 0.467. The number of aliphatic hydroxyl groups is 1. The first kappa shape index (κ1) is 25.6. The number of fused-ring (bicyclic) bond motifs is 3. The number of hydrogen-bond acceptors (Lipinski definition) is 7. The summed E-state index contributed by atoms with van der Waals surface area (Å²) in [6, 6.07) is 11.3. The van der Waals surface area contributed by atoms with Gasteiger partial charge in [0.2, 0.25) is 5.91 Å². The highest BCUT2D eigenvalue weighted by atomic mass is 35.5. The number of aromatic nitrogens is 1. The molecule has 1 saturated heterocycles. The molecule has 2 unspecified atom stereocenters. The molecule has 9 heteroatoms. The predicted molar refractivity (Wildman–Crippen MR) is 138 cm³/mol. The Hall–Kier alpha value is -3.07. The van der Waals surface area contributed by atoms with Crippen molar-refractivity contribution in [2.45, 2.75) is 50.9 Å². The fourth-order valence-electron chi connectivity index (χ4n) is 5.24. The Labute approximate surface area is 221 Å². The molecule has 2 aliphatic heterocycles. The van der Waals surface area contributed by atoms with Crippen LogP contribution in [-0.4, -0.2) is 54.5 Å². The first-order valence-corrected chi connectivity index (χ1v) is 12.8. The lowest BCUT2D eigenvalue weighted by molar-refractivity contribution is -0.134. The van der Waals surface area contributed by atoms with Crippen LogP contribution < -0.4 is 9.47 Å². The van der Waals surface area contributed by atoms with Crippen LogP contribution in [0.25, 0.3) is 11.1 Å². The van der Waals surface area contributed by atoms with Crippen LogP contribution in [0.2, 0.25) is 5.02 Å². The zero-order valence-electron chi connectivity index (χ0n) is 21.4. The molecule has 2 aliphatic rings. The molecule has 3 atom stereocenters. The number of β-amino-alcohol motifs (C(OH)–C–C–N with tert-alkyl or cyclic N) is 1. The molecular weight excluding hydrogens is 496 g/mol. The Morgan fingerprint density at radius 3 is 2.70 bits per heavy atom. The van der Waals surface area contributed by atoms with Gasteiger partial charge in [-0.05, 0) is 35.7 Å². The molecule has 196 valence electrons. The molecule has 37 heavy (non-hydrogen) atoms. The first-order chi connectivity index (χ1) is 17.8. The largest absolute Gasteiger partial charge is 0.493 e. The number of carbonyl (C=O) groups is 1. The molecule has 5 rings (SSSR count). The molecule has 2 aromatic carbocycles. The topological polar surface area (TPSA) is 94.3 Å². The molecule has 8 nitrogen and oxygen atoms in total. The Bertz CT molecular complexity index is 1310. The molecule has 0 saturated carbocycles. The van der Waals surface area contributed by atoms with E-state index in [-0.39, 0.29) is 18.2 Å². The summed E-state index contributed by atoms with van der Waals surface area (Å²) in [5.41, 5.74) is 3.84. The molecule has 3 aromatic rings. The van der Waals surface area contributed by atoms with Gasteiger partial charge < -0.3 is 28.7 Å². The summed E-state index contributed by atoms with van der Waals surface area (Å²) in [5.74, 6) is 1.76. The second-order valence-electron chi connectivity index (χ2n) is 9.77. The number of methoxy groups -OCH3 is 2. The number of likely N-dealkylation sites (tertiary alicyclic amines) is 1. The Morgan fingerprint density at radius 1 is 1.22 bits per heavy atom. The standard InChI is InChI=1S/C28H31ClN2O6/c1-15(2)26-24-18-9-8-16(29)12-20(18)27(19-6-5-7-21(34-3)28(19)35-4)36-22(25(24)30-37-26)13-23(33)31-11-10-17(32)14-31/h5-9,12,15,17,22,27,32H,10-11,13-14H2,1-4H3/t17-,22?,27?/m1/s1.